The Morgan fingerprint density at radius 2 is 1.37 bits per heavy atom. The Morgan fingerprint density at radius 3 is 1.77 bits per heavy atom. The van der Waals surface area contributed by atoms with Crippen molar-refractivity contribution in [1.82, 2.24) is 0 Å². The van der Waals surface area contributed by atoms with Gasteiger partial charge >= 0.3 is 5.97 Å². The molecule has 0 radical (unpaired) electrons. The van der Waals surface area contributed by atoms with Crippen LogP contribution in [0.4, 0.5) is 14.5 Å². The quantitative estimate of drug-likeness (QED) is 0.462. The van der Waals surface area contributed by atoms with E-state index in [1.54, 1.807) is 6.92 Å². The number of nitrogens with zero attached hydrogens (tertiary/aromatic N) is 1. The molecule has 3 aromatic carbocycles. The van der Waals surface area contributed by atoms with Crippen molar-refractivity contribution >= 4 is 17.7 Å². The Kier molecular flexibility index (Phi) is 6.96. The molecule has 3 nitrogen and oxygen atoms in total. The molecule has 0 amide bonds. The summed E-state index contributed by atoms with van der Waals surface area (Å²) in [6.45, 7) is 2.57. The molecule has 154 valence electrons. The zero-order valence-corrected chi connectivity index (χ0v) is 16.7. The van der Waals surface area contributed by atoms with Gasteiger partial charge in [-0.3, -0.25) is 0 Å². The van der Waals surface area contributed by atoms with Crippen LogP contribution < -0.4 is 4.90 Å². The van der Waals surface area contributed by atoms with Crippen LogP contribution in [0.2, 0.25) is 0 Å². The van der Waals surface area contributed by atoms with E-state index in [2.05, 4.69) is 0 Å². The monoisotopic (exact) mass is 407 g/mol. The Labute approximate surface area is 174 Å². The third-order valence-electron chi connectivity index (χ3n) is 4.84. The number of carboxylic acids is 1. The molecule has 0 saturated heterocycles. The van der Waals surface area contributed by atoms with E-state index < -0.39 is 17.6 Å². The lowest BCUT2D eigenvalue weighted by atomic mass is 10.1. The molecule has 0 spiro atoms. The second-order valence-electron chi connectivity index (χ2n) is 6.98. The molecule has 0 saturated carbocycles. The predicted octanol–water partition coefficient (Wildman–Crippen LogP) is 6.05. The minimum Gasteiger partial charge on any atom is -0.478 e. The summed E-state index contributed by atoms with van der Waals surface area (Å²) in [7, 11) is 0. The maximum absolute atomic E-state index is 14.8. The van der Waals surface area contributed by atoms with Crippen molar-refractivity contribution < 1.29 is 18.7 Å². The lowest BCUT2D eigenvalue weighted by molar-refractivity contribution is -0.132. The Balaban J connectivity index is 1.99. The lowest BCUT2D eigenvalue weighted by Crippen LogP contribution is -2.22. The molecular formula is C25H23F2NO2. The minimum absolute atomic E-state index is 0.0500. The molecule has 3 aromatic rings. The van der Waals surface area contributed by atoms with Gasteiger partial charge in [-0.15, -0.1) is 0 Å². The standard InChI is InChI=1S/C25H23F2NO2/c1-2-20(25(29)30)13-22-23(26)14-21(15-24(22)27)28(16-18-9-5-3-6-10-18)17-19-11-7-4-8-12-19/h3-15H,2,16-17H2,1H3,(H,29,30). The molecule has 1 N–H and O–H groups in total. The van der Waals surface area contributed by atoms with Crippen LogP contribution in [-0.2, 0) is 17.9 Å². The normalized spacial score (nSPS) is 11.4. The molecular weight excluding hydrogens is 384 g/mol. The summed E-state index contributed by atoms with van der Waals surface area (Å²) < 4.78 is 29.6. The van der Waals surface area contributed by atoms with E-state index in [1.807, 2.05) is 65.6 Å². The molecule has 0 aliphatic heterocycles. The van der Waals surface area contributed by atoms with Crippen LogP contribution in [0.5, 0.6) is 0 Å². The van der Waals surface area contributed by atoms with Gasteiger partial charge < -0.3 is 10.0 Å². The van der Waals surface area contributed by atoms with Gasteiger partial charge in [0.1, 0.15) is 11.6 Å². The molecule has 0 fully saturated rings. The first-order valence-electron chi connectivity index (χ1n) is 9.73. The van der Waals surface area contributed by atoms with Gasteiger partial charge in [0.05, 0.1) is 0 Å². The highest BCUT2D eigenvalue weighted by Gasteiger charge is 2.16. The Morgan fingerprint density at radius 1 is 0.900 bits per heavy atom. The number of aliphatic carboxylic acids is 1. The zero-order chi connectivity index (χ0) is 21.5. The van der Waals surface area contributed by atoms with Gasteiger partial charge in [0.15, 0.2) is 0 Å². The molecule has 5 heteroatoms. The fourth-order valence-electron chi connectivity index (χ4n) is 3.23. The van der Waals surface area contributed by atoms with Gasteiger partial charge in [0.2, 0.25) is 0 Å². The van der Waals surface area contributed by atoms with Crippen LogP contribution in [0.25, 0.3) is 6.08 Å². The second kappa shape index (κ2) is 9.83. The number of hydrogen-bond acceptors (Lipinski definition) is 2. The van der Waals surface area contributed by atoms with Crippen molar-refractivity contribution in [2.75, 3.05) is 4.90 Å². The third-order valence-corrected chi connectivity index (χ3v) is 4.84. The third kappa shape index (κ3) is 5.32. The van der Waals surface area contributed by atoms with Gasteiger partial charge in [-0.1, -0.05) is 67.6 Å². The van der Waals surface area contributed by atoms with Crippen molar-refractivity contribution in [3.8, 4) is 0 Å². The largest absolute Gasteiger partial charge is 0.478 e. The zero-order valence-electron chi connectivity index (χ0n) is 16.7. The molecule has 0 unspecified atom stereocenters. The predicted molar refractivity (Wildman–Crippen MR) is 115 cm³/mol. The van der Waals surface area contributed by atoms with Crippen LogP contribution >= 0.6 is 0 Å². The summed E-state index contributed by atoms with van der Waals surface area (Å²) >= 11 is 0. The number of rotatable bonds is 8. The highest BCUT2D eigenvalue weighted by atomic mass is 19.1. The van der Waals surface area contributed by atoms with Crippen molar-refractivity contribution in [2.24, 2.45) is 0 Å². The topological polar surface area (TPSA) is 40.5 Å². The van der Waals surface area contributed by atoms with Crippen LogP contribution in [0.1, 0.15) is 30.0 Å². The van der Waals surface area contributed by atoms with Crippen molar-refractivity contribution in [3.05, 3.63) is 107 Å². The number of benzene rings is 3. The van der Waals surface area contributed by atoms with Crippen LogP contribution in [-0.4, -0.2) is 11.1 Å². The van der Waals surface area contributed by atoms with Crippen LogP contribution in [0.3, 0.4) is 0 Å². The van der Waals surface area contributed by atoms with E-state index in [9.17, 15) is 13.6 Å². The molecule has 0 aliphatic rings. The van der Waals surface area contributed by atoms with E-state index in [-0.39, 0.29) is 17.6 Å². The summed E-state index contributed by atoms with van der Waals surface area (Å²) in [5.74, 6) is -2.76. The van der Waals surface area contributed by atoms with Crippen LogP contribution in [0.15, 0.2) is 78.4 Å². The Bertz CT molecular complexity index is 969. The average Bonchev–Trinajstić information content (AvgIpc) is 2.74. The summed E-state index contributed by atoms with van der Waals surface area (Å²) in [5, 5.41) is 9.17. The molecule has 0 aromatic heterocycles. The summed E-state index contributed by atoms with van der Waals surface area (Å²) in [4.78, 5) is 13.1. The summed E-state index contributed by atoms with van der Waals surface area (Å²) in [6.07, 6.45) is 1.24. The number of carboxylic acid groups (broad SMARTS) is 1. The van der Waals surface area contributed by atoms with E-state index in [0.29, 0.717) is 18.8 Å². The Hall–Kier alpha value is -3.47. The fourth-order valence-corrected chi connectivity index (χ4v) is 3.23. The van der Waals surface area contributed by atoms with Crippen molar-refractivity contribution in [2.45, 2.75) is 26.4 Å². The minimum atomic E-state index is -1.19. The first kappa shape index (κ1) is 21.2. The SMILES string of the molecule is CCC(=Cc1c(F)cc(N(Cc2ccccc2)Cc2ccccc2)cc1F)C(=O)O. The summed E-state index contributed by atoms with van der Waals surface area (Å²) in [6, 6.07) is 21.9. The van der Waals surface area contributed by atoms with E-state index >= 15 is 0 Å². The van der Waals surface area contributed by atoms with Gasteiger partial charge in [0, 0.05) is 29.9 Å². The molecule has 0 bridgehead atoms. The first-order chi connectivity index (χ1) is 14.5. The molecule has 0 aliphatic carbocycles. The second-order valence-corrected chi connectivity index (χ2v) is 6.98. The van der Waals surface area contributed by atoms with Crippen LogP contribution in [0, 0.1) is 11.6 Å². The van der Waals surface area contributed by atoms with Gasteiger partial charge in [-0.2, -0.15) is 0 Å². The average molecular weight is 407 g/mol. The highest BCUT2D eigenvalue weighted by molar-refractivity contribution is 5.92. The lowest BCUT2D eigenvalue weighted by Gasteiger charge is -2.26. The number of carbonyl (C=O) groups is 1. The van der Waals surface area contributed by atoms with E-state index in [1.165, 1.54) is 12.1 Å². The molecule has 0 atom stereocenters. The van der Waals surface area contributed by atoms with E-state index in [0.717, 1.165) is 17.2 Å². The maximum atomic E-state index is 14.8. The molecule has 3 rings (SSSR count). The van der Waals surface area contributed by atoms with Crippen molar-refractivity contribution in [3.63, 3.8) is 0 Å². The summed E-state index contributed by atoms with van der Waals surface area (Å²) in [5.41, 5.74) is 2.03. The number of anilines is 1. The first-order valence-corrected chi connectivity index (χ1v) is 9.73. The highest BCUT2D eigenvalue weighted by Crippen LogP contribution is 2.27. The van der Waals surface area contributed by atoms with Gasteiger partial charge in [-0.25, -0.2) is 13.6 Å². The molecule has 30 heavy (non-hydrogen) atoms. The van der Waals surface area contributed by atoms with Crippen molar-refractivity contribution in [1.29, 1.82) is 0 Å². The van der Waals surface area contributed by atoms with Gasteiger partial charge in [0.25, 0.3) is 0 Å². The maximum Gasteiger partial charge on any atom is 0.331 e. The molecule has 0 heterocycles. The number of halogens is 2. The smallest absolute Gasteiger partial charge is 0.331 e. The number of hydrogen-bond donors (Lipinski definition) is 1. The fraction of sp³-hybridized carbons (Fsp3) is 0.160. The van der Waals surface area contributed by atoms with E-state index in [4.69, 9.17) is 5.11 Å². The van der Waals surface area contributed by atoms with Gasteiger partial charge in [-0.05, 0) is 35.8 Å².